The van der Waals surface area contributed by atoms with Crippen molar-refractivity contribution in [3.63, 3.8) is 0 Å². The summed E-state index contributed by atoms with van der Waals surface area (Å²) in [6.07, 6.45) is 1.58. The zero-order valence-corrected chi connectivity index (χ0v) is 14.4. The maximum absolute atomic E-state index is 12.3. The van der Waals surface area contributed by atoms with Crippen LogP contribution < -0.4 is 5.56 Å². The lowest BCUT2D eigenvalue weighted by molar-refractivity contribution is 0.580. The third kappa shape index (κ3) is 3.00. The molecule has 4 aromatic rings. The van der Waals surface area contributed by atoms with Crippen molar-refractivity contribution in [2.75, 3.05) is 0 Å². The first-order valence-electron chi connectivity index (χ1n) is 7.32. The minimum atomic E-state index is -0.173. The summed E-state index contributed by atoms with van der Waals surface area (Å²) in [7, 11) is 0. The molecule has 0 aliphatic rings. The largest absolute Gasteiger partial charge is 0.462 e. The van der Waals surface area contributed by atoms with Crippen LogP contribution in [0.5, 0.6) is 0 Å². The lowest BCUT2D eigenvalue weighted by atomic mass is 10.2. The van der Waals surface area contributed by atoms with Gasteiger partial charge in [0.2, 0.25) is 4.96 Å². The Morgan fingerprint density at radius 2 is 2.08 bits per heavy atom. The highest BCUT2D eigenvalue weighted by Crippen LogP contribution is 2.26. The van der Waals surface area contributed by atoms with Crippen molar-refractivity contribution >= 4 is 28.1 Å². The number of nitrogens with zero attached hydrogens (tertiary/aromatic N) is 3. The van der Waals surface area contributed by atoms with E-state index in [1.807, 2.05) is 6.07 Å². The van der Waals surface area contributed by atoms with Gasteiger partial charge in [-0.1, -0.05) is 29.0 Å². The number of rotatable bonds is 4. The summed E-state index contributed by atoms with van der Waals surface area (Å²) in [5.74, 6) is 1.28. The molecule has 0 unspecified atom stereocenters. The molecule has 7 heteroatoms. The molecule has 3 heterocycles. The fourth-order valence-corrected chi connectivity index (χ4v) is 3.91. The van der Waals surface area contributed by atoms with E-state index in [4.69, 9.17) is 4.42 Å². The Hall–Kier alpha value is -2.38. The monoisotopic (exact) mass is 355 g/mol. The molecule has 0 atom stereocenters. The second kappa shape index (κ2) is 6.26. The Balaban J connectivity index is 1.62. The van der Waals surface area contributed by atoms with Crippen LogP contribution in [0.4, 0.5) is 0 Å². The normalized spacial score (nSPS) is 11.2. The average Bonchev–Trinajstić information content (AvgIpc) is 3.23. The molecule has 0 N–H and O–H groups in total. The van der Waals surface area contributed by atoms with Crippen LogP contribution in [-0.2, 0) is 5.75 Å². The Bertz CT molecular complexity index is 1030. The highest BCUT2D eigenvalue weighted by molar-refractivity contribution is 7.98. The van der Waals surface area contributed by atoms with Crippen LogP contribution in [0.3, 0.4) is 0 Å². The van der Waals surface area contributed by atoms with Gasteiger partial charge in [0.25, 0.3) is 5.56 Å². The van der Waals surface area contributed by atoms with Gasteiger partial charge in [-0.25, -0.2) is 4.98 Å². The zero-order chi connectivity index (χ0) is 16.5. The first-order valence-corrected chi connectivity index (χ1v) is 9.12. The van der Waals surface area contributed by atoms with Crippen LogP contribution in [-0.4, -0.2) is 14.6 Å². The number of aromatic nitrogens is 3. The number of benzene rings is 1. The fourth-order valence-electron chi connectivity index (χ4n) is 2.22. The van der Waals surface area contributed by atoms with Crippen molar-refractivity contribution in [3.05, 3.63) is 70.3 Å². The molecule has 0 bridgehead atoms. The summed E-state index contributed by atoms with van der Waals surface area (Å²) in [6, 6.07) is 13.5. The molecule has 0 amide bonds. The van der Waals surface area contributed by atoms with Crippen molar-refractivity contribution in [2.24, 2.45) is 0 Å². The molecule has 0 spiro atoms. The van der Waals surface area contributed by atoms with Gasteiger partial charge < -0.3 is 4.42 Å². The zero-order valence-electron chi connectivity index (χ0n) is 12.8. The second-order valence-electron chi connectivity index (χ2n) is 5.27. The first-order chi connectivity index (χ1) is 11.7. The van der Waals surface area contributed by atoms with Crippen LogP contribution in [0.2, 0.25) is 0 Å². The Kier molecular flexibility index (Phi) is 3.95. The number of aryl methyl sites for hydroxylation is 1. The lowest BCUT2D eigenvalue weighted by Gasteiger charge is -2.02. The summed E-state index contributed by atoms with van der Waals surface area (Å²) < 4.78 is 6.66. The summed E-state index contributed by atoms with van der Waals surface area (Å²) in [5.41, 5.74) is 1.81. The molecule has 5 nitrogen and oxygen atoms in total. The number of furan rings is 1. The van der Waals surface area contributed by atoms with E-state index in [9.17, 15) is 4.79 Å². The Morgan fingerprint density at radius 3 is 2.83 bits per heavy atom. The predicted molar refractivity (Wildman–Crippen MR) is 95.6 cm³/mol. The van der Waals surface area contributed by atoms with Gasteiger partial charge in [0.15, 0.2) is 10.8 Å². The van der Waals surface area contributed by atoms with Gasteiger partial charge in [-0.3, -0.25) is 4.79 Å². The maximum Gasteiger partial charge on any atom is 0.275 e. The molecular formula is C17H13N3O2S2. The van der Waals surface area contributed by atoms with Gasteiger partial charge >= 0.3 is 0 Å². The molecule has 3 aromatic heterocycles. The van der Waals surface area contributed by atoms with E-state index >= 15 is 0 Å². The van der Waals surface area contributed by atoms with Crippen molar-refractivity contribution in [3.8, 4) is 10.8 Å². The van der Waals surface area contributed by atoms with Gasteiger partial charge in [-0.15, -0.1) is 16.9 Å². The molecule has 120 valence electrons. The first kappa shape index (κ1) is 15.2. The van der Waals surface area contributed by atoms with Crippen molar-refractivity contribution in [1.29, 1.82) is 0 Å². The summed E-state index contributed by atoms with van der Waals surface area (Å²) in [5, 5.41) is 4.93. The smallest absolute Gasteiger partial charge is 0.275 e. The molecule has 4 rings (SSSR count). The molecule has 0 fully saturated rings. The minimum absolute atomic E-state index is 0.173. The maximum atomic E-state index is 12.3. The van der Waals surface area contributed by atoms with E-state index in [1.165, 1.54) is 21.4 Å². The summed E-state index contributed by atoms with van der Waals surface area (Å²) in [6.45, 7) is 2.06. The standard InChI is InChI=1S/C17H13N3O2S2/c1-11-4-6-13(7-5-11)23-10-12-9-15(21)20-17(18-12)24-16(19-20)14-3-2-8-22-14/h2-9H,10H2,1H3. The topological polar surface area (TPSA) is 60.4 Å². The van der Waals surface area contributed by atoms with Crippen LogP contribution in [0.15, 0.2) is 62.8 Å². The Morgan fingerprint density at radius 1 is 1.25 bits per heavy atom. The van der Waals surface area contributed by atoms with Crippen LogP contribution in [0.25, 0.3) is 15.7 Å². The molecule has 0 saturated carbocycles. The number of hydrogen-bond donors (Lipinski definition) is 0. The molecule has 0 saturated heterocycles. The third-order valence-electron chi connectivity index (χ3n) is 3.44. The molecule has 0 aliphatic carbocycles. The van der Waals surface area contributed by atoms with Crippen LogP contribution in [0, 0.1) is 6.92 Å². The summed E-state index contributed by atoms with van der Waals surface area (Å²) >= 11 is 3.00. The number of hydrogen-bond acceptors (Lipinski definition) is 6. The fraction of sp³-hybridized carbons (Fsp3) is 0.118. The van der Waals surface area contributed by atoms with E-state index in [2.05, 4.69) is 41.3 Å². The highest BCUT2D eigenvalue weighted by atomic mass is 32.2. The number of thioether (sulfide) groups is 1. The third-order valence-corrected chi connectivity index (χ3v) is 5.41. The van der Waals surface area contributed by atoms with Gasteiger partial charge in [0, 0.05) is 16.7 Å². The lowest BCUT2D eigenvalue weighted by Crippen LogP contribution is -2.15. The van der Waals surface area contributed by atoms with E-state index < -0.39 is 0 Å². The van der Waals surface area contributed by atoms with E-state index in [0.29, 0.717) is 21.5 Å². The quantitative estimate of drug-likeness (QED) is 0.518. The predicted octanol–water partition coefficient (Wildman–Crippen LogP) is 4.01. The van der Waals surface area contributed by atoms with E-state index in [-0.39, 0.29) is 5.56 Å². The van der Waals surface area contributed by atoms with Gasteiger partial charge in [-0.2, -0.15) is 4.52 Å². The van der Waals surface area contributed by atoms with Gasteiger partial charge in [0.1, 0.15) is 0 Å². The average molecular weight is 355 g/mol. The van der Waals surface area contributed by atoms with Crippen molar-refractivity contribution in [2.45, 2.75) is 17.6 Å². The number of fused-ring (bicyclic) bond motifs is 1. The van der Waals surface area contributed by atoms with Gasteiger partial charge in [0.05, 0.1) is 12.0 Å². The van der Waals surface area contributed by atoms with Gasteiger partial charge in [-0.05, 0) is 31.2 Å². The van der Waals surface area contributed by atoms with Crippen molar-refractivity contribution in [1.82, 2.24) is 14.6 Å². The minimum Gasteiger partial charge on any atom is -0.462 e. The van der Waals surface area contributed by atoms with Crippen LogP contribution in [0.1, 0.15) is 11.3 Å². The molecule has 24 heavy (non-hydrogen) atoms. The van der Waals surface area contributed by atoms with E-state index in [0.717, 1.165) is 10.6 Å². The van der Waals surface area contributed by atoms with Crippen LogP contribution >= 0.6 is 23.1 Å². The molecule has 0 radical (unpaired) electrons. The molecule has 1 aromatic carbocycles. The molecule has 0 aliphatic heterocycles. The second-order valence-corrected chi connectivity index (χ2v) is 7.27. The van der Waals surface area contributed by atoms with Crippen molar-refractivity contribution < 1.29 is 4.42 Å². The summed E-state index contributed by atoms with van der Waals surface area (Å²) in [4.78, 5) is 18.6. The van der Waals surface area contributed by atoms with E-state index in [1.54, 1.807) is 30.2 Å². The molecular weight excluding hydrogens is 342 g/mol. The SMILES string of the molecule is Cc1ccc(SCc2cc(=O)n3nc(-c4ccco4)sc3n2)cc1. The Labute approximate surface area is 146 Å². The highest BCUT2D eigenvalue weighted by Gasteiger charge is 2.12.